The number of hydrogen-bond acceptors (Lipinski definition) is 1. The SMILES string of the molecule is CC(C)n1cc(N)c(C(C)(C)C)c1. The van der Waals surface area contributed by atoms with Gasteiger partial charge < -0.3 is 10.3 Å². The summed E-state index contributed by atoms with van der Waals surface area (Å²) < 4.78 is 2.16. The van der Waals surface area contributed by atoms with Gasteiger partial charge in [0.05, 0.1) is 5.69 Å². The molecule has 0 radical (unpaired) electrons. The second kappa shape index (κ2) is 3.09. The molecule has 0 bridgehead atoms. The molecule has 2 nitrogen and oxygen atoms in total. The van der Waals surface area contributed by atoms with Gasteiger partial charge in [-0.2, -0.15) is 0 Å². The quantitative estimate of drug-likeness (QED) is 0.707. The highest BCUT2D eigenvalue weighted by Crippen LogP contribution is 2.29. The second-order valence-corrected chi connectivity index (χ2v) is 4.92. The molecule has 13 heavy (non-hydrogen) atoms. The normalized spacial score (nSPS) is 12.5. The molecule has 0 saturated carbocycles. The van der Waals surface area contributed by atoms with Crippen LogP contribution in [0.4, 0.5) is 5.69 Å². The van der Waals surface area contributed by atoms with E-state index < -0.39 is 0 Å². The van der Waals surface area contributed by atoms with E-state index >= 15 is 0 Å². The molecule has 0 aromatic carbocycles. The molecule has 0 atom stereocenters. The molecule has 0 aliphatic rings. The van der Waals surface area contributed by atoms with Gasteiger partial charge in [0.25, 0.3) is 0 Å². The van der Waals surface area contributed by atoms with Gasteiger partial charge in [-0.3, -0.25) is 0 Å². The molecule has 2 heteroatoms. The highest BCUT2D eigenvalue weighted by Gasteiger charge is 2.19. The van der Waals surface area contributed by atoms with Gasteiger partial charge in [-0.15, -0.1) is 0 Å². The Hall–Kier alpha value is -0.920. The van der Waals surface area contributed by atoms with Crippen LogP contribution < -0.4 is 5.73 Å². The molecule has 74 valence electrons. The van der Waals surface area contributed by atoms with Gasteiger partial charge in [0.1, 0.15) is 0 Å². The second-order valence-electron chi connectivity index (χ2n) is 4.92. The van der Waals surface area contributed by atoms with Crippen LogP contribution in [-0.4, -0.2) is 4.57 Å². The van der Waals surface area contributed by atoms with Gasteiger partial charge in [-0.05, 0) is 24.8 Å². The van der Waals surface area contributed by atoms with Crippen LogP contribution in [-0.2, 0) is 5.41 Å². The molecule has 1 aromatic heterocycles. The van der Waals surface area contributed by atoms with Crippen molar-refractivity contribution in [3.05, 3.63) is 18.0 Å². The summed E-state index contributed by atoms with van der Waals surface area (Å²) >= 11 is 0. The zero-order valence-electron chi connectivity index (χ0n) is 9.26. The van der Waals surface area contributed by atoms with Crippen LogP contribution in [0.3, 0.4) is 0 Å². The average molecular weight is 180 g/mol. The predicted molar refractivity (Wildman–Crippen MR) is 57.9 cm³/mol. The first kappa shape index (κ1) is 10.2. The van der Waals surface area contributed by atoms with Gasteiger partial charge in [-0.25, -0.2) is 0 Å². The highest BCUT2D eigenvalue weighted by atomic mass is 15.0. The number of nitrogens with two attached hydrogens (primary N) is 1. The number of nitrogen functional groups attached to an aromatic ring is 1. The van der Waals surface area contributed by atoms with Crippen LogP contribution in [0.25, 0.3) is 0 Å². The van der Waals surface area contributed by atoms with Crippen molar-refractivity contribution < 1.29 is 0 Å². The number of nitrogens with zero attached hydrogens (tertiary/aromatic N) is 1. The Morgan fingerprint density at radius 2 is 1.77 bits per heavy atom. The summed E-state index contributed by atoms with van der Waals surface area (Å²) in [4.78, 5) is 0. The zero-order chi connectivity index (χ0) is 10.2. The molecule has 0 aliphatic carbocycles. The van der Waals surface area contributed by atoms with E-state index in [0.29, 0.717) is 6.04 Å². The highest BCUT2D eigenvalue weighted by molar-refractivity contribution is 5.49. The van der Waals surface area contributed by atoms with Crippen molar-refractivity contribution in [2.24, 2.45) is 0 Å². The zero-order valence-corrected chi connectivity index (χ0v) is 9.26. The van der Waals surface area contributed by atoms with Gasteiger partial charge in [0.15, 0.2) is 0 Å². The Labute approximate surface area is 80.7 Å². The predicted octanol–water partition coefficient (Wildman–Crippen LogP) is 2.95. The molecule has 0 saturated heterocycles. The van der Waals surface area contributed by atoms with Crippen LogP contribution in [0, 0.1) is 0 Å². The monoisotopic (exact) mass is 180 g/mol. The molecule has 1 aromatic rings. The van der Waals surface area contributed by atoms with Crippen molar-refractivity contribution in [2.45, 2.75) is 46.1 Å². The van der Waals surface area contributed by atoms with Crippen LogP contribution >= 0.6 is 0 Å². The summed E-state index contributed by atoms with van der Waals surface area (Å²) in [5.41, 5.74) is 8.23. The van der Waals surface area contributed by atoms with E-state index in [4.69, 9.17) is 5.73 Å². The molecule has 0 aliphatic heterocycles. The number of aromatic nitrogens is 1. The summed E-state index contributed by atoms with van der Waals surface area (Å²) in [5.74, 6) is 0. The topological polar surface area (TPSA) is 30.9 Å². The molecule has 1 rings (SSSR count). The minimum Gasteiger partial charge on any atom is -0.397 e. The lowest BCUT2D eigenvalue weighted by molar-refractivity contribution is 0.571. The third-order valence-corrected chi connectivity index (χ3v) is 2.28. The summed E-state index contributed by atoms with van der Waals surface area (Å²) in [7, 11) is 0. The van der Waals surface area contributed by atoms with Gasteiger partial charge >= 0.3 is 0 Å². The lowest BCUT2D eigenvalue weighted by Crippen LogP contribution is -2.12. The average Bonchev–Trinajstić information content (AvgIpc) is 2.29. The number of hydrogen-bond donors (Lipinski definition) is 1. The smallest absolute Gasteiger partial charge is 0.0531 e. The van der Waals surface area contributed by atoms with E-state index in [1.165, 1.54) is 5.56 Å². The largest absolute Gasteiger partial charge is 0.397 e. The summed E-state index contributed by atoms with van der Waals surface area (Å²) in [6.07, 6.45) is 4.17. The summed E-state index contributed by atoms with van der Waals surface area (Å²) in [5, 5.41) is 0. The molecule has 0 amide bonds. The van der Waals surface area contributed by atoms with E-state index in [0.717, 1.165) is 5.69 Å². The Bertz CT molecular complexity index is 290. The molecule has 1 heterocycles. The molecule has 2 N–H and O–H groups in total. The van der Waals surface area contributed by atoms with Crippen LogP contribution in [0.1, 0.15) is 46.2 Å². The molecule has 0 spiro atoms. The van der Waals surface area contributed by atoms with Crippen molar-refractivity contribution >= 4 is 5.69 Å². The van der Waals surface area contributed by atoms with E-state index in [1.54, 1.807) is 0 Å². The van der Waals surface area contributed by atoms with Gasteiger partial charge in [0, 0.05) is 18.4 Å². The maximum Gasteiger partial charge on any atom is 0.0531 e. The fraction of sp³-hybridized carbons (Fsp3) is 0.636. The maximum absolute atomic E-state index is 5.94. The van der Waals surface area contributed by atoms with E-state index in [-0.39, 0.29) is 5.41 Å². The molecular weight excluding hydrogens is 160 g/mol. The summed E-state index contributed by atoms with van der Waals surface area (Å²) in [6.45, 7) is 10.9. The minimum atomic E-state index is 0.143. The minimum absolute atomic E-state index is 0.143. The van der Waals surface area contributed by atoms with E-state index in [1.807, 2.05) is 6.20 Å². The fourth-order valence-corrected chi connectivity index (χ4v) is 1.42. The maximum atomic E-state index is 5.94. The number of rotatable bonds is 1. The Morgan fingerprint density at radius 1 is 1.23 bits per heavy atom. The first-order valence-electron chi connectivity index (χ1n) is 4.80. The Kier molecular flexibility index (Phi) is 2.42. The van der Waals surface area contributed by atoms with Crippen molar-refractivity contribution in [3.8, 4) is 0 Å². The Morgan fingerprint density at radius 3 is 2.00 bits per heavy atom. The van der Waals surface area contributed by atoms with Crippen molar-refractivity contribution in [3.63, 3.8) is 0 Å². The lowest BCUT2D eigenvalue weighted by Gasteiger charge is -2.17. The lowest BCUT2D eigenvalue weighted by atomic mass is 9.88. The van der Waals surface area contributed by atoms with Crippen LogP contribution in [0.5, 0.6) is 0 Å². The van der Waals surface area contributed by atoms with E-state index in [9.17, 15) is 0 Å². The van der Waals surface area contributed by atoms with Crippen molar-refractivity contribution in [1.29, 1.82) is 0 Å². The Balaban J connectivity index is 3.11. The first-order valence-corrected chi connectivity index (χ1v) is 4.80. The molecule has 0 fully saturated rings. The fourth-order valence-electron chi connectivity index (χ4n) is 1.42. The molecular formula is C11H20N2. The standard InChI is InChI=1S/C11H20N2/c1-8(2)13-6-9(10(12)7-13)11(3,4)5/h6-8H,12H2,1-5H3. The van der Waals surface area contributed by atoms with E-state index in [2.05, 4.69) is 45.4 Å². The van der Waals surface area contributed by atoms with Crippen LogP contribution in [0.15, 0.2) is 12.4 Å². The third-order valence-electron chi connectivity index (χ3n) is 2.28. The molecule has 0 unspecified atom stereocenters. The first-order chi connectivity index (χ1) is 5.82. The number of anilines is 1. The van der Waals surface area contributed by atoms with Crippen molar-refractivity contribution in [2.75, 3.05) is 5.73 Å². The van der Waals surface area contributed by atoms with Gasteiger partial charge in [-0.1, -0.05) is 20.8 Å². The summed E-state index contributed by atoms with van der Waals surface area (Å²) in [6, 6.07) is 0.485. The van der Waals surface area contributed by atoms with Crippen LogP contribution in [0.2, 0.25) is 0 Å². The third kappa shape index (κ3) is 2.06. The van der Waals surface area contributed by atoms with Gasteiger partial charge in [0.2, 0.25) is 0 Å². The van der Waals surface area contributed by atoms with Crippen molar-refractivity contribution in [1.82, 2.24) is 4.57 Å².